The fourth-order valence-electron chi connectivity index (χ4n) is 4.07. The van der Waals surface area contributed by atoms with Gasteiger partial charge < -0.3 is 11.1 Å². The van der Waals surface area contributed by atoms with Crippen LogP contribution < -0.4 is 16.2 Å². The van der Waals surface area contributed by atoms with E-state index in [0.29, 0.717) is 29.0 Å². The Morgan fingerprint density at radius 2 is 1.90 bits per heavy atom. The zero-order chi connectivity index (χ0) is 21.3. The minimum absolute atomic E-state index is 0.0756. The fourth-order valence-corrected chi connectivity index (χ4v) is 4.88. The van der Waals surface area contributed by atoms with Gasteiger partial charge in [-0.15, -0.1) is 0 Å². The Bertz CT molecular complexity index is 1150. The van der Waals surface area contributed by atoms with E-state index >= 15 is 0 Å². The average Bonchev–Trinajstić information content (AvgIpc) is 3.11. The van der Waals surface area contributed by atoms with Crippen molar-refractivity contribution in [1.82, 2.24) is 19.7 Å². The first-order valence-electron chi connectivity index (χ1n) is 10.1. The number of fused-ring (bicyclic) bond motifs is 1. The Labute approximate surface area is 175 Å². The molecule has 0 spiro atoms. The number of aromatic nitrogens is 4. The van der Waals surface area contributed by atoms with Crippen molar-refractivity contribution in [2.75, 3.05) is 11.9 Å². The first-order valence-corrected chi connectivity index (χ1v) is 11.7. The number of rotatable bonds is 6. The molecule has 2 heterocycles. The van der Waals surface area contributed by atoms with E-state index in [1.807, 2.05) is 4.68 Å². The quantitative estimate of drug-likeness (QED) is 0.545. The van der Waals surface area contributed by atoms with E-state index in [9.17, 15) is 8.42 Å². The van der Waals surface area contributed by atoms with E-state index < -0.39 is 10.0 Å². The normalized spacial score (nSPS) is 19.8. The first kappa shape index (κ1) is 20.7. The van der Waals surface area contributed by atoms with Crippen molar-refractivity contribution in [1.29, 1.82) is 0 Å². The van der Waals surface area contributed by atoms with Crippen LogP contribution in [-0.2, 0) is 16.6 Å². The summed E-state index contributed by atoms with van der Waals surface area (Å²) in [6, 6.07) is 4.96. The molecule has 0 aliphatic heterocycles. The molecule has 0 saturated heterocycles. The van der Waals surface area contributed by atoms with Gasteiger partial charge in [0.25, 0.3) is 0 Å². The van der Waals surface area contributed by atoms with Crippen LogP contribution in [0.15, 0.2) is 35.5 Å². The molecule has 1 fully saturated rings. The van der Waals surface area contributed by atoms with Crippen LogP contribution in [0.1, 0.15) is 31.2 Å². The summed E-state index contributed by atoms with van der Waals surface area (Å²) in [7, 11) is -3.81. The number of anilines is 2. The molecule has 0 unspecified atom stereocenters. The van der Waals surface area contributed by atoms with Crippen LogP contribution in [0.5, 0.6) is 0 Å². The van der Waals surface area contributed by atoms with Gasteiger partial charge in [0.05, 0.1) is 16.5 Å². The third kappa shape index (κ3) is 4.45. The lowest BCUT2D eigenvalue weighted by Crippen LogP contribution is -2.24. The number of primary sulfonamides is 1. The second-order valence-corrected chi connectivity index (χ2v) is 9.60. The maximum Gasteiger partial charge on any atom is 0.238 e. The van der Waals surface area contributed by atoms with Gasteiger partial charge in [0.15, 0.2) is 5.65 Å². The molecule has 9 nitrogen and oxygen atoms in total. The Morgan fingerprint density at radius 1 is 1.17 bits per heavy atom. The summed E-state index contributed by atoms with van der Waals surface area (Å²) >= 11 is 0. The summed E-state index contributed by atoms with van der Waals surface area (Å²) in [6.45, 7) is 3.29. The number of sulfonamides is 1. The first-order chi connectivity index (χ1) is 14.3. The lowest BCUT2D eigenvalue weighted by Gasteiger charge is -2.27. The molecule has 2 aromatic heterocycles. The van der Waals surface area contributed by atoms with Crippen molar-refractivity contribution < 1.29 is 8.42 Å². The zero-order valence-electron chi connectivity index (χ0n) is 17.0. The Morgan fingerprint density at radius 3 is 2.60 bits per heavy atom. The maximum absolute atomic E-state index is 11.8. The predicted octanol–water partition coefficient (Wildman–Crippen LogP) is 2.29. The summed E-state index contributed by atoms with van der Waals surface area (Å²) < 4.78 is 25.5. The Balaban J connectivity index is 1.55. The number of nitrogens with two attached hydrogens (primary N) is 2. The minimum Gasteiger partial charge on any atom is -0.330 e. The number of aryl methyl sites for hydroxylation is 1. The molecule has 0 radical (unpaired) electrons. The molecule has 1 aromatic carbocycles. The largest absolute Gasteiger partial charge is 0.330 e. The molecule has 0 bridgehead atoms. The van der Waals surface area contributed by atoms with Crippen LogP contribution >= 0.6 is 0 Å². The predicted molar refractivity (Wildman–Crippen MR) is 116 cm³/mol. The molecule has 10 heteroatoms. The van der Waals surface area contributed by atoms with Gasteiger partial charge in [-0.05, 0) is 68.7 Å². The van der Waals surface area contributed by atoms with Crippen molar-refractivity contribution >= 4 is 32.7 Å². The van der Waals surface area contributed by atoms with E-state index in [2.05, 4.69) is 20.4 Å². The van der Waals surface area contributed by atoms with Gasteiger partial charge in [0.1, 0.15) is 0 Å². The lowest BCUT2D eigenvalue weighted by molar-refractivity contribution is 0.252. The van der Waals surface area contributed by atoms with E-state index in [4.69, 9.17) is 10.9 Å². The smallest absolute Gasteiger partial charge is 0.238 e. The molecule has 0 atom stereocenters. The van der Waals surface area contributed by atoms with Crippen LogP contribution in [0.2, 0.25) is 0 Å². The highest BCUT2D eigenvalue weighted by Crippen LogP contribution is 2.30. The van der Waals surface area contributed by atoms with Crippen molar-refractivity contribution in [3.05, 3.63) is 36.2 Å². The van der Waals surface area contributed by atoms with Crippen LogP contribution in [0, 0.1) is 18.8 Å². The van der Waals surface area contributed by atoms with Gasteiger partial charge in [-0.2, -0.15) is 10.1 Å². The Kier molecular flexibility index (Phi) is 5.72. The van der Waals surface area contributed by atoms with E-state index in [-0.39, 0.29) is 4.90 Å². The SMILES string of the molecule is Cc1ccc(Nc2ncc3cnn(CC4CCC(CN)CC4)c3n2)cc1S(N)(=O)=O. The zero-order valence-corrected chi connectivity index (χ0v) is 17.8. The molecule has 1 aliphatic rings. The van der Waals surface area contributed by atoms with Crippen molar-refractivity contribution in [2.24, 2.45) is 22.7 Å². The molecule has 0 amide bonds. The standard InChI is InChI=1S/C20H27N7O2S/c1-13-2-7-17(8-18(13)30(22,28)29)25-20-23-10-16-11-24-27(19(16)26-20)12-15-5-3-14(9-21)4-6-15/h2,7-8,10-11,14-15H,3-6,9,12,21H2,1H3,(H2,22,28,29)(H,23,25,26). The van der Waals surface area contributed by atoms with E-state index in [0.717, 1.165) is 37.0 Å². The van der Waals surface area contributed by atoms with Crippen LogP contribution in [0.4, 0.5) is 11.6 Å². The number of nitrogens with zero attached hydrogens (tertiary/aromatic N) is 4. The highest BCUT2D eigenvalue weighted by molar-refractivity contribution is 7.89. The molecule has 1 saturated carbocycles. The number of hydrogen-bond acceptors (Lipinski definition) is 7. The average molecular weight is 430 g/mol. The van der Waals surface area contributed by atoms with Gasteiger partial charge in [-0.1, -0.05) is 6.07 Å². The van der Waals surface area contributed by atoms with Crippen LogP contribution in [-0.4, -0.2) is 34.7 Å². The second-order valence-electron chi connectivity index (χ2n) is 8.07. The monoisotopic (exact) mass is 429 g/mol. The molecular weight excluding hydrogens is 402 g/mol. The van der Waals surface area contributed by atoms with Gasteiger partial charge in [0, 0.05) is 18.4 Å². The van der Waals surface area contributed by atoms with Gasteiger partial charge >= 0.3 is 0 Å². The van der Waals surface area contributed by atoms with Crippen LogP contribution in [0.25, 0.3) is 11.0 Å². The second kappa shape index (κ2) is 8.29. The molecule has 160 valence electrons. The van der Waals surface area contributed by atoms with E-state index in [1.165, 1.54) is 18.9 Å². The molecule has 1 aliphatic carbocycles. The molecule has 3 aromatic rings. The third-order valence-electron chi connectivity index (χ3n) is 5.86. The summed E-state index contributed by atoms with van der Waals surface area (Å²) in [6.07, 6.45) is 8.13. The molecule has 4 rings (SSSR count). The fraction of sp³-hybridized carbons (Fsp3) is 0.450. The number of nitrogens with one attached hydrogen (secondary N) is 1. The van der Waals surface area contributed by atoms with Gasteiger partial charge in [-0.3, -0.25) is 0 Å². The number of hydrogen-bond donors (Lipinski definition) is 3. The minimum atomic E-state index is -3.81. The number of benzene rings is 1. The van der Waals surface area contributed by atoms with Crippen molar-refractivity contribution in [2.45, 2.75) is 44.0 Å². The topological polar surface area (TPSA) is 142 Å². The highest BCUT2D eigenvalue weighted by atomic mass is 32.2. The molecule has 5 N–H and O–H groups in total. The summed E-state index contributed by atoms with van der Waals surface area (Å²) in [4.78, 5) is 9.02. The van der Waals surface area contributed by atoms with Crippen LogP contribution in [0.3, 0.4) is 0 Å². The maximum atomic E-state index is 11.8. The third-order valence-corrected chi connectivity index (χ3v) is 6.91. The van der Waals surface area contributed by atoms with Gasteiger partial charge in [-0.25, -0.2) is 23.2 Å². The highest BCUT2D eigenvalue weighted by Gasteiger charge is 2.21. The van der Waals surface area contributed by atoms with Gasteiger partial charge in [0.2, 0.25) is 16.0 Å². The van der Waals surface area contributed by atoms with Crippen molar-refractivity contribution in [3.8, 4) is 0 Å². The van der Waals surface area contributed by atoms with Crippen molar-refractivity contribution in [3.63, 3.8) is 0 Å². The molecular formula is C20H27N7O2S. The lowest BCUT2D eigenvalue weighted by atomic mass is 9.82. The summed E-state index contributed by atoms with van der Waals surface area (Å²) in [5.41, 5.74) is 7.69. The van der Waals surface area contributed by atoms with E-state index in [1.54, 1.807) is 31.5 Å². The summed E-state index contributed by atoms with van der Waals surface area (Å²) in [5, 5.41) is 13.7. The Hall–Kier alpha value is -2.56. The summed E-state index contributed by atoms with van der Waals surface area (Å²) in [5.74, 6) is 1.59. The molecule has 30 heavy (non-hydrogen) atoms.